The fourth-order valence-electron chi connectivity index (χ4n) is 1.22. The Hall–Kier alpha value is -0.750. The Morgan fingerprint density at radius 2 is 1.92 bits per heavy atom. The van der Waals surface area contributed by atoms with Crippen LogP contribution >= 0.6 is 11.6 Å². The lowest BCUT2D eigenvalue weighted by molar-refractivity contribution is 0.825. The van der Waals surface area contributed by atoms with Crippen molar-refractivity contribution in [1.29, 1.82) is 0 Å². The molecule has 1 aromatic carbocycles. The van der Waals surface area contributed by atoms with Crippen LogP contribution in [0, 0.1) is 0 Å². The summed E-state index contributed by atoms with van der Waals surface area (Å²) in [7, 11) is 0. The lowest BCUT2D eigenvalue weighted by atomic mass is 10.0. The zero-order valence-corrected chi connectivity index (χ0v) is 8.77. The highest BCUT2D eigenvalue weighted by Crippen LogP contribution is 2.20. The van der Waals surface area contributed by atoms with Crippen molar-refractivity contribution in [2.75, 3.05) is 0 Å². The van der Waals surface area contributed by atoms with Gasteiger partial charge in [-0.2, -0.15) is 0 Å². The Balaban J connectivity index is 2.61. The molecule has 0 nitrogen and oxygen atoms in total. The normalized spacial score (nSPS) is 10.0. The van der Waals surface area contributed by atoms with E-state index >= 15 is 0 Å². The van der Waals surface area contributed by atoms with Crippen LogP contribution < -0.4 is 0 Å². The summed E-state index contributed by atoms with van der Waals surface area (Å²) in [5, 5.41) is 0.784. The average molecular weight is 195 g/mol. The van der Waals surface area contributed by atoms with E-state index in [-0.39, 0.29) is 0 Å². The highest BCUT2D eigenvalue weighted by Gasteiger charge is 1.97. The molecule has 0 aliphatic carbocycles. The van der Waals surface area contributed by atoms with E-state index in [9.17, 15) is 0 Å². The van der Waals surface area contributed by atoms with Crippen LogP contribution in [-0.4, -0.2) is 0 Å². The van der Waals surface area contributed by atoms with Crippen molar-refractivity contribution in [3.63, 3.8) is 0 Å². The van der Waals surface area contributed by atoms with Gasteiger partial charge in [0.25, 0.3) is 0 Å². The van der Waals surface area contributed by atoms with Crippen molar-refractivity contribution in [2.24, 2.45) is 0 Å². The van der Waals surface area contributed by atoms with Crippen LogP contribution in [-0.2, 0) is 0 Å². The average Bonchev–Trinajstić information content (AvgIpc) is 2.15. The molecule has 0 bridgehead atoms. The highest BCUT2D eigenvalue weighted by atomic mass is 35.5. The number of hydrogen-bond donors (Lipinski definition) is 0. The fraction of sp³-hybridized carbons (Fsp3) is 0.333. The lowest BCUT2D eigenvalue weighted by Crippen LogP contribution is -1.82. The second-order valence-corrected chi connectivity index (χ2v) is 3.65. The first-order valence-electron chi connectivity index (χ1n) is 4.67. The third kappa shape index (κ3) is 3.23. The fourth-order valence-corrected chi connectivity index (χ4v) is 1.35. The van der Waals surface area contributed by atoms with E-state index in [0.29, 0.717) is 0 Å². The summed E-state index contributed by atoms with van der Waals surface area (Å²) in [6.45, 7) is 6.24. The van der Waals surface area contributed by atoms with Crippen molar-refractivity contribution in [3.8, 4) is 0 Å². The highest BCUT2D eigenvalue weighted by molar-refractivity contribution is 6.30. The summed E-state index contributed by atoms with van der Waals surface area (Å²) < 4.78 is 0. The van der Waals surface area contributed by atoms with Crippen LogP contribution in [0.3, 0.4) is 0 Å². The van der Waals surface area contributed by atoms with Gasteiger partial charge in [0.15, 0.2) is 0 Å². The van der Waals surface area contributed by atoms with Crippen molar-refractivity contribution in [3.05, 3.63) is 41.4 Å². The standard InChI is InChI=1S/C12H15Cl/c1-3-4-5-10(2)11-6-8-12(13)9-7-11/h6-9H,2-5H2,1H3. The summed E-state index contributed by atoms with van der Waals surface area (Å²) >= 11 is 5.79. The van der Waals surface area contributed by atoms with E-state index in [1.807, 2.05) is 24.3 Å². The van der Waals surface area contributed by atoms with E-state index in [1.54, 1.807) is 0 Å². The van der Waals surface area contributed by atoms with Gasteiger partial charge >= 0.3 is 0 Å². The molecule has 0 aliphatic heterocycles. The Morgan fingerprint density at radius 3 is 2.46 bits per heavy atom. The maximum absolute atomic E-state index is 5.79. The zero-order chi connectivity index (χ0) is 9.68. The Labute approximate surface area is 85.2 Å². The molecule has 1 rings (SSSR count). The smallest absolute Gasteiger partial charge is 0.0406 e. The Bertz CT molecular complexity index is 272. The van der Waals surface area contributed by atoms with Crippen LogP contribution in [0.5, 0.6) is 0 Å². The summed E-state index contributed by atoms with van der Waals surface area (Å²) in [6, 6.07) is 7.88. The van der Waals surface area contributed by atoms with E-state index in [1.165, 1.54) is 24.0 Å². The molecular formula is C12H15Cl. The summed E-state index contributed by atoms with van der Waals surface area (Å²) in [5.41, 5.74) is 2.41. The molecule has 0 aliphatic rings. The molecule has 70 valence electrons. The first-order chi connectivity index (χ1) is 6.24. The van der Waals surface area contributed by atoms with E-state index < -0.39 is 0 Å². The molecule has 0 fully saturated rings. The molecule has 13 heavy (non-hydrogen) atoms. The molecule has 1 heteroatoms. The molecule has 0 aromatic heterocycles. The molecule has 0 unspecified atom stereocenters. The maximum Gasteiger partial charge on any atom is 0.0406 e. The van der Waals surface area contributed by atoms with Crippen molar-refractivity contribution in [1.82, 2.24) is 0 Å². The van der Waals surface area contributed by atoms with Crippen molar-refractivity contribution < 1.29 is 0 Å². The van der Waals surface area contributed by atoms with E-state index in [0.717, 1.165) is 11.4 Å². The van der Waals surface area contributed by atoms with Gasteiger partial charge in [-0.3, -0.25) is 0 Å². The SMILES string of the molecule is C=C(CCCC)c1ccc(Cl)cc1. The number of unbranched alkanes of at least 4 members (excludes halogenated alkanes) is 1. The molecule has 0 saturated carbocycles. The van der Waals surface area contributed by atoms with Gasteiger partial charge in [-0.05, 0) is 36.1 Å². The number of hydrogen-bond acceptors (Lipinski definition) is 0. The van der Waals surface area contributed by atoms with Gasteiger partial charge in [0.1, 0.15) is 0 Å². The maximum atomic E-state index is 5.79. The monoisotopic (exact) mass is 194 g/mol. The summed E-state index contributed by atoms with van der Waals surface area (Å²) in [5.74, 6) is 0. The van der Waals surface area contributed by atoms with E-state index in [4.69, 9.17) is 11.6 Å². The molecular weight excluding hydrogens is 180 g/mol. The third-order valence-corrected chi connectivity index (χ3v) is 2.34. The molecule has 1 aromatic rings. The summed E-state index contributed by atoms with van der Waals surface area (Å²) in [4.78, 5) is 0. The minimum absolute atomic E-state index is 0.784. The molecule has 0 heterocycles. The van der Waals surface area contributed by atoms with Crippen LogP contribution in [0.15, 0.2) is 30.8 Å². The molecule has 0 atom stereocenters. The van der Waals surface area contributed by atoms with Gasteiger partial charge in [-0.25, -0.2) is 0 Å². The van der Waals surface area contributed by atoms with Crippen LogP contribution in [0.4, 0.5) is 0 Å². The number of benzene rings is 1. The molecule has 0 spiro atoms. The number of rotatable bonds is 4. The third-order valence-electron chi connectivity index (χ3n) is 2.08. The number of allylic oxidation sites excluding steroid dienone is 1. The van der Waals surface area contributed by atoms with Crippen LogP contribution in [0.1, 0.15) is 31.7 Å². The van der Waals surface area contributed by atoms with Gasteiger partial charge < -0.3 is 0 Å². The minimum Gasteiger partial charge on any atom is -0.0952 e. The lowest BCUT2D eigenvalue weighted by Gasteiger charge is -2.04. The van der Waals surface area contributed by atoms with Gasteiger partial charge in [0.05, 0.1) is 0 Å². The quantitative estimate of drug-likeness (QED) is 0.660. The van der Waals surface area contributed by atoms with Gasteiger partial charge in [0, 0.05) is 5.02 Å². The van der Waals surface area contributed by atoms with Gasteiger partial charge in [0.2, 0.25) is 0 Å². The van der Waals surface area contributed by atoms with Crippen LogP contribution in [0.2, 0.25) is 5.02 Å². The first-order valence-corrected chi connectivity index (χ1v) is 5.05. The Kier molecular flexibility index (Phi) is 4.04. The second kappa shape index (κ2) is 5.08. The van der Waals surface area contributed by atoms with Crippen molar-refractivity contribution in [2.45, 2.75) is 26.2 Å². The first kappa shape index (κ1) is 10.3. The topological polar surface area (TPSA) is 0 Å². The number of halogens is 1. The predicted molar refractivity (Wildman–Crippen MR) is 60.0 cm³/mol. The largest absolute Gasteiger partial charge is 0.0952 e. The minimum atomic E-state index is 0.784. The molecule has 0 saturated heterocycles. The summed E-state index contributed by atoms with van der Waals surface area (Å²) in [6.07, 6.45) is 3.51. The van der Waals surface area contributed by atoms with Crippen molar-refractivity contribution >= 4 is 17.2 Å². The van der Waals surface area contributed by atoms with Gasteiger partial charge in [-0.15, -0.1) is 0 Å². The molecule has 0 radical (unpaired) electrons. The zero-order valence-electron chi connectivity index (χ0n) is 8.02. The molecule has 0 N–H and O–H groups in total. The van der Waals surface area contributed by atoms with Crippen LogP contribution in [0.25, 0.3) is 5.57 Å². The molecule has 0 amide bonds. The van der Waals surface area contributed by atoms with Gasteiger partial charge in [-0.1, -0.05) is 43.7 Å². The second-order valence-electron chi connectivity index (χ2n) is 3.21. The Morgan fingerprint density at radius 1 is 1.31 bits per heavy atom. The predicted octanol–water partition coefficient (Wildman–Crippen LogP) is 4.54. The van der Waals surface area contributed by atoms with E-state index in [2.05, 4.69) is 13.5 Å².